The van der Waals surface area contributed by atoms with Crippen molar-refractivity contribution in [3.05, 3.63) is 29.3 Å². The maximum atomic E-state index is 11.9. The molecule has 1 aromatic rings. The van der Waals surface area contributed by atoms with Crippen molar-refractivity contribution < 1.29 is 4.79 Å². The molecule has 0 fully saturated rings. The molecule has 5 heteroatoms. The van der Waals surface area contributed by atoms with Crippen LogP contribution in [0.2, 0.25) is 0 Å². The third kappa shape index (κ3) is 4.41. The number of benzene rings is 1. The Kier molecular flexibility index (Phi) is 6.69. The van der Waals surface area contributed by atoms with Crippen LogP contribution in [-0.4, -0.2) is 24.5 Å². The molecule has 1 unspecified atom stereocenters. The molecule has 3 nitrogen and oxygen atoms in total. The van der Waals surface area contributed by atoms with Crippen LogP contribution in [0.15, 0.2) is 18.2 Å². The van der Waals surface area contributed by atoms with Crippen LogP contribution in [0.25, 0.3) is 0 Å². The maximum absolute atomic E-state index is 11.9. The zero-order valence-electron chi connectivity index (χ0n) is 11.4. The van der Waals surface area contributed by atoms with Crippen LogP contribution in [0.3, 0.4) is 0 Å². The molecule has 2 rings (SSSR count). The quantitative estimate of drug-likeness (QED) is 0.898. The first-order valence-electron chi connectivity index (χ1n) is 6.33. The van der Waals surface area contributed by atoms with Gasteiger partial charge in [-0.2, -0.15) is 11.8 Å². The molecule has 19 heavy (non-hydrogen) atoms. The number of hydrogen-bond donors (Lipinski definition) is 2. The van der Waals surface area contributed by atoms with Gasteiger partial charge in [0.1, 0.15) is 0 Å². The molecule has 0 radical (unpaired) electrons. The zero-order valence-corrected chi connectivity index (χ0v) is 13.0. The standard InChI is InChI=1S/C14H20N2OS.ClH/c1-10(9-18-2)14(17)16-13-4-3-11-5-6-15-8-12(11)7-13;/h3-4,7,10,15H,5-6,8-9H2,1-2H3,(H,16,17);1H. The van der Waals surface area contributed by atoms with Gasteiger partial charge >= 0.3 is 0 Å². The fraction of sp³-hybridized carbons (Fsp3) is 0.500. The first-order chi connectivity index (χ1) is 8.70. The molecular weight excluding hydrogens is 280 g/mol. The van der Waals surface area contributed by atoms with Crippen molar-refractivity contribution in [1.29, 1.82) is 0 Å². The molecule has 0 bridgehead atoms. The highest BCUT2D eigenvalue weighted by molar-refractivity contribution is 7.98. The third-order valence-corrected chi connectivity index (χ3v) is 4.06. The Bertz CT molecular complexity index is 439. The normalized spacial score (nSPS) is 15.1. The molecule has 1 heterocycles. The van der Waals surface area contributed by atoms with Crippen molar-refractivity contribution in [2.45, 2.75) is 19.9 Å². The third-order valence-electron chi connectivity index (χ3n) is 3.22. The molecule has 0 saturated heterocycles. The summed E-state index contributed by atoms with van der Waals surface area (Å²) >= 11 is 1.70. The number of thioether (sulfide) groups is 1. The Morgan fingerprint density at radius 1 is 1.47 bits per heavy atom. The fourth-order valence-electron chi connectivity index (χ4n) is 2.15. The van der Waals surface area contributed by atoms with Crippen molar-refractivity contribution in [2.24, 2.45) is 5.92 Å². The van der Waals surface area contributed by atoms with E-state index in [1.807, 2.05) is 19.2 Å². The van der Waals surface area contributed by atoms with Crippen molar-refractivity contribution in [3.63, 3.8) is 0 Å². The topological polar surface area (TPSA) is 41.1 Å². The first kappa shape index (κ1) is 16.3. The number of amides is 1. The van der Waals surface area contributed by atoms with E-state index in [1.165, 1.54) is 11.1 Å². The van der Waals surface area contributed by atoms with E-state index in [4.69, 9.17) is 0 Å². The Morgan fingerprint density at radius 3 is 3.00 bits per heavy atom. The monoisotopic (exact) mass is 300 g/mol. The molecule has 0 saturated carbocycles. The number of fused-ring (bicyclic) bond motifs is 1. The molecule has 106 valence electrons. The summed E-state index contributed by atoms with van der Waals surface area (Å²) in [6, 6.07) is 6.23. The SMILES string of the molecule is CSCC(C)C(=O)Nc1ccc2c(c1)CNCC2.Cl. The largest absolute Gasteiger partial charge is 0.326 e. The van der Waals surface area contributed by atoms with E-state index in [0.29, 0.717) is 0 Å². The summed E-state index contributed by atoms with van der Waals surface area (Å²) < 4.78 is 0. The number of halogens is 1. The van der Waals surface area contributed by atoms with Crippen molar-refractivity contribution in [3.8, 4) is 0 Å². The highest BCUT2D eigenvalue weighted by atomic mass is 35.5. The summed E-state index contributed by atoms with van der Waals surface area (Å²) in [6.07, 6.45) is 3.10. The van der Waals surface area contributed by atoms with Crippen molar-refractivity contribution in [1.82, 2.24) is 5.32 Å². The summed E-state index contributed by atoms with van der Waals surface area (Å²) in [4.78, 5) is 11.9. The summed E-state index contributed by atoms with van der Waals surface area (Å²) in [7, 11) is 0. The van der Waals surface area contributed by atoms with Gasteiger partial charge in [-0.3, -0.25) is 4.79 Å². The molecule has 2 N–H and O–H groups in total. The van der Waals surface area contributed by atoms with Gasteiger partial charge in [0.15, 0.2) is 0 Å². The Balaban J connectivity index is 0.00000180. The Labute approximate surface area is 125 Å². The molecule has 1 amide bonds. The number of hydrogen-bond acceptors (Lipinski definition) is 3. The summed E-state index contributed by atoms with van der Waals surface area (Å²) in [5.74, 6) is 1.01. The van der Waals surface area contributed by atoms with Crippen LogP contribution in [0, 0.1) is 5.92 Å². The van der Waals surface area contributed by atoms with Crippen LogP contribution >= 0.6 is 24.2 Å². The summed E-state index contributed by atoms with van der Waals surface area (Å²) in [5, 5.41) is 6.35. The number of carbonyl (C=O) groups is 1. The van der Waals surface area contributed by atoms with Crippen LogP contribution in [0.1, 0.15) is 18.1 Å². The predicted octanol–water partition coefficient (Wildman–Crippen LogP) is 2.69. The zero-order chi connectivity index (χ0) is 13.0. The minimum Gasteiger partial charge on any atom is -0.326 e. The maximum Gasteiger partial charge on any atom is 0.228 e. The Hall–Kier alpha value is -0.710. The van der Waals surface area contributed by atoms with Crippen molar-refractivity contribution >= 4 is 35.8 Å². The first-order valence-corrected chi connectivity index (χ1v) is 7.72. The van der Waals surface area contributed by atoms with Crippen LogP contribution < -0.4 is 10.6 Å². The molecule has 1 aliphatic heterocycles. The lowest BCUT2D eigenvalue weighted by molar-refractivity contribution is -0.118. The van der Waals surface area contributed by atoms with Crippen molar-refractivity contribution in [2.75, 3.05) is 23.9 Å². The number of rotatable bonds is 4. The van der Waals surface area contributed by atoms with Crippen LogP contribution in [0.5, 0.6) is 0 Å². The molecule has 0 aliphatic carbocycles. The molecule has 1 atom stereocenters. The molecule has 1 aromatic carbocycles. The van der Waals surface area contributed by atoms with Gasteiger partial charge in [0.25, 0.3) is 0 Å². The highest BCUT2D eigenvalue weighted by Crippen LogP contribution is 2.19. The number of nitrogens with one attached hydrogen (secondary N) is 2. The lowest BCUT2D eigenvalue weighted by Crippen LogP contribution is -2.25. The van der Waals surface area contributed by atoms with E-state index in [2.05, 4.69) is 22.8 Å². The molecule has 1 aliphatic rings. The van der Waals surface area contributed by atoms with Gasteiger partial charge in [-0.25, -0.2) is 0 Å². The molecule has 0 spiro atoms. The van der Waals surface area contributed by atoms with Crippen LogP contribution in [-0.2, 0) is 17.8 Å². The lowest BCUT2D eigenvalue weighted by atomic mass is 10.0. The van der Waals surface area contributed by atoms with E-state index in [0.717, 1.165) is 31.0 Å². The van der Waals surface area contributed by atoms with E-state index in [9.17, 15) is 4.79 Å². The second-order valence-corrected chi connectivity index (χ2v) is 5.67. The Morgan fingerprint density at radius 2 is 2.26 bits per heavy atom. The number of carbonyl (C=O) groups excluding carboxylic acids is 1. The van der Waals surface area contributed by atoms with E-state index < -0.39 is 0 Å². The van der Waals surface area contributed by atoms with Gasteiger partial charge in [-0.15, -0.1) is 12.4 Å². The highest BCUT2D eigenvalue weighted by Gasteiger charge is 2.14. The van der Waals surface area contributed by atoms with Gasteiger partial charge in [0.05, 0.1) is 0 Å². The summed E-state index contributed by atoms with van der Waals surface area (Å²) in [5.41, 5.74) is 3.61. The average molecular weight is 301 g/mol. The van der Waals surface area contributed by atoms with Gasteiger partial charge in [0.2, 0.25) is 5.91 Å². The van der Waals surface area contributed by atoms with E-state index >= 15 is 0 Å². The smallest absolute Gasteiger partial charge is 0.228 e. The van der Waals surface area contributed by atoms with Gasteiger partial charge < -0.3 is 10.6 Å². The molecule has 0 aromatic heterocycles. The minimum atomic E-state index is 0. The second kappa shape index (κ2) is 7.78. The van der Waals surface area contributed by atoms with Gasteiger partial charge in [-0.1, -0.05) is 13.0 Å². The lowest BCUT2D eigenvalue weighted by Gasteiger charge is -2.18. The van der Waals surface area contributed by atoms with Gasteiger partial charge in [-0.05, 0) is 42.5 Å². The minimum absolute atomic E-state index is 0. The summed E-state index contributed by atoms with van der Waals surface area (Å²) in [6.45, 7) is 3.91. The number of anilines is 1. The molecular formula is C14H21ClN2OS. The average Bonchev–Trinajstić information content (AvgIpc) is 2.39. The second-order valence-electron chi connectivity index (χ2n) is 4.76. The van der Waals surface area contributed by atoms with E-state index in [1.54, 1.807) is 11.8 Å². The fourth-order valence-corrected chi connectivity index (χ4v) is 2.80. The van der Waals surface area contributed by atoms with E-state index in [-0.39, 0.29) is 24.2 Å². The predicted molar refractivity (Wildman–Crippen MR) is 85.3 cm³/mol. The van der Waals surface area contributed by atoms with Crippen LogP contribution in [0.4, 0.5) is 5.69 Å². The van der Waals surface area contributed by atoms with Gasteiger partial charge in [0, 0.05) is 23.9 Å².